The van der Waals surface area contributed by atoms with Crippen LogP contribution < -0.4 is 5.32 Å². The third kappa shape index (κ3) is 2.12. The molecule has 0 bridgehead atoms. The fraction of sp³-hybridized carbons (Fsp3) is 0.0833. The number of pyridine rings is 1. The van der Waals surface area contributed by atoms with Gasteiger partial charge in [0, 0.05) is 36.6 Å². The first-order valence-corrected chi connectivity index (χ1v) is 7.06. The highest BCUT2D eigenvalue weighted by Crippen LogP contribution is 2.33. The highest BCUT2D eigenvalue weighted by Gasteiger charge is 2.09. The molecule has 0 radical (unpaired) electrons. The van der Waals surface area contributed by atoms with Gasteiger partial charge in [-0.1, -0.05) is 0 Å². The van der Waals surface area contributed by atoms with Crippen LogP contribution in [0.4, 0.5) is 5.13 Å². The quantitative estimate of drug-likeness (QED) is 0.795. The Morgan fingerprint density at radius 2 is 2.22 bits per heavy atom. The minimum Gasteiger partial charge on any atom is -0.365 e. The SMILES string of the molecule is CNc1nc(-c2cnc(-c3cccnc3)s2)cs1. The van der Waals surface area contributed by atoms with Gasteiger partial charge < -0.3 is 5.32 Å². The molecule has 3 heterocycles. The highest BCUT2D eigenvalue weighted by atomic mass is 32.1. The lowest BCUT2D eigenvalue weighted by molar-refractivity contribution is 1.31. The van der Waals surface area contributed by atoms with Crippen LogP contribution in [0.5, 0.6) is 0 Å². The average Bonchev–Trinajstić information content (AvgIpc) is 3.08. The van der Waals surface area contributed by atoms with Crippen LogP contribution in [0.1, 0.15) is 0 Å². The third-order valence-corrected chi connectivity index (χ3v) is 4.31. The number of nitrogens with one attached hydrogen (secondary N) is 1. The van der Waals surface area contributed by atoms with Crippen molar-refractivity contribution in [3.8, 4) is 21.1 Å². The molecule has 3 aromatic rings. The molecule has 0 aromatic carbocycles. The molecule has 6 heteroatoms. The van der Waals surface area contributed by atoms with Crippen LogP contribution in [-0.2, 0) is 0 Å². The van der Waals surface area contributed by atoms with Crippen LogP contribution in [0.2, 0.25) is 0 Å². The van der Waals surface area contributed by atoms with Crippen molar-refractivity contribution in [3.05, 3.63) is 36.1 Å². The second kappa shape index (κ2) is 4.83. The summed E-state index contributed by atoms with van der Waals surface area (Å²) >= 11 is 3.22. The summed E-state index contributed by atoms with van der Waals surface area (Å²) in [7, 11) is 1.87. The minimum absolute atomic E-state index is 0.918. The maximum absolute atomic E-state index is 4.47. The summed E-state index contributed by atoms with van der Waals surface area (Å²) in [6, 6.07) is 3.92. The van der Waals surface area contributed by atoms with Gasteiger partial charge in [0.2, 0.25) is 0 Å². The molecule has 18 heavy (non-hydrogen) atoms. The molecule has 3 aromatic heterocycles. The molecule has 0 unspecified atom stereocenters. The van der Waals surface area contributed by atoms with E-state index in [0.29, 0.717) is 0 Å². The predicted octanol–water partition coefficient (Wildman–Crippen LogP) is 3.37. The monoisotopic (exact) mass is 274 g/mol. The van der Waals surface area contributed by atoms with E-state index in [2.05, 4.69) is 20.3 Å². The smallest absolute Gasteiger partial charge is 0.182 e. The molecular weight excluding hydrogens is 264 g/mol. The highest BCUT2D eigenvalue weighted by molar-refractivity contribution is 7.19. The van der Waals surface area contributed by atoms with Gasteiger partial charge in [-0.25, -0.2) is 9.97 Å². The molecule has 0 atom stereocenters. The number of hydrogen-bond donors (Lipinski definition) is 1. The lowest BCUT2D eigenvalue weighted by Gasteiger charge is -1.92. The molecule has 0 saturated carbocycles. The van der Waals surface area contributed by atoms with Crippen LogP contribution in [0.3, 0.4) is 0 Å². The second-order valence-corrected chi connectivity index (χ2v) is 5.45. The molecule has 0 aliphatic heterocycles. The number of aromatic nitrogens is 3. The van der Waals surface area contributed by atoms with Crippen LogP contribution in [0, 0.1) is 0 Å². The lowest BCUT2D eigenvalue weighted by atomic mass is 10.3. The van der Waals surface area contributed by atoms with Crippen molar-refractivity contribution in [2.24, 2.45) is 0 Å². The topological polar surface area (TPSA) is 50.7 Å². The predicted molar refractivity (Wildman–Crippen MR) is 76.0 cm³/mol. The van der Waals surface area contributed by atoms with Gasteiger partial charge in [-0.05, 0) is 12.1 Å². The number of nitrogens with zero attached hydrogens (tertiary/aromatic N) is 3. The average molecular weight is 274 g/mol. The van der Waals surface area contributed by atoms with Crippen molar-refractivity contribution < 1.29 is 0 Å². The zero-order valence-electron chi connectivity index (χ0n) is 9.62. The van der Waals surface area contributed by atoms with Gasteiger partial charge in [0.05, 0.1) is 10.6 Å². The van der Waals surface area contributed by atoms with Crippen molar-refractivity contribution in [2.45, 2.75) is 0 Å². The summed E-state index contributed by atoms with van der Waals surface area (Å²) in [5.74, 6) is 0. The van der Waals surface area contributed by atoms with Crippen LogP contribution in [0.15, 0.2) is 36.1 Å². The molecule has 0 spiro atoms. The Labute approximate surface area is 112 Å². The van der Waals surface area contributed by atoms with E-state index in [1.165, 1.54) is 0 Å². The first-order chi connectivity index (χ1) is 8.86. The van der Waals surface area contributed by atoms with Gasteiger partial charge >= 0.3 is 0 Å². The molecular formula is C12H10N4S2. The van der Waals surface area contributed by atoms with Gasteiger partial charge in [0.1, 0.15) is 5.01 Å². The Kier molecular flexibility index (Phi) is 3.04. The van der Waals surface area contributed by atoms with Crippen molar-refractivity contribution in [3.63, 3.8) is 0 Å². The first kappa shape index (κ1) is 11.3. The molecule has 0 fully saturated rings. The largest absolute Gasteiger partial charge is 0.365 e. The molecule has 0 aliphatic rings. The summed E-state index contributed by atoms with van der Waals surface area (Å²) in [6.07, 6.45) is 5.45. The Hall–Kier alpha value is -1.79. The molecule has 0 saturated heterocycles. The number of hydrogen-bond acceptors (Lipinski definition) is 6. The molecule has 1 N–H and O–H groups in total. The fourth-order valence-corrected chi connectivity index (χ4v) is 3.13. The van der Waals surface area contributed by atoms with E-state index < -0.39 is 0 Å². The first-order valence-electron chi connectivity index (χ1n) is 5.36. The number of rotatable bonds is 3. The van der Waals surface area contributed by atoms with Crippen molar-refractivity contribution in [2.75, 3.05) is 12.4 Å². The lowest BCUT2D eigenvalue weighted by Crippen LogP contribution is -1.84. The van der Waals surface area contributed by atoms with Crippen LogP contribution >= 0.6 is 22.7 Å². The minimum atomic E-state index is 0.918. The Morgan fingerprint density at radius 1 is 1.28 bits per heavy atom. The molecule has 0 aliphatic carbocycles. The van der Waals surface area contributed by atoms with E-state index in [4.69, 9.17) is 0 Å². The zero-order chi connectivity index (χ0) is 12.4. The molecule has 90 valence electrons. The maximum atomic E-state index is 4.47. The maximum Gasteiger partial charge on any atom is 0.182 e. The van der Waals surface area contributed by atoms with Crippen molar-refractivity contribution in [1.82, 2.24) is 15.0 Å². The van der Waals surface area contributed by atoms with Gasteiger partial charge in [-0.3, -0.25) is 4.98 Å². The van der Waals surface area contributed by atoms with Gasteiger partial charge in [-0.15, -0.1) is 22.7 Å². The standard InChI is InChI=1S/C12H10N4S2/c1-13-12-16-9(7-17-12)10-6-15-11(18-10)8-3-2-4-14-5-8/h2-7H,1H3,(H,13,16). The third-order valence-electron chi connectivity index (χ3n) is 2.38. The summed E-state index contributed by atoms with van der Waals surface area (Å²) in [6.45, 7) is 0. The Balaban J connectivity index is 1.94. The Bertz CT molecular complexity index is 645. The summed E-state index contributed by atoms with van der Waals surface area (Å²) < 4.78 is 0. The van der Waals surface area contributed by atoms with Gasteiger partial charge in [-0.2, -0.15) is 0 Å². The Morgan fingerprint density at radius 3 is 2.94 bits per heavy atom. The fourth-order valence-electron chi connectivity index (χ4n) is 1.52. The number of anilines is 1. The van der Waals surface area contributed by atoms with E-state index in [-0.39, 0.29) is 0 Å². The van der Waals surface area contributed by atoms with E-state index in [1.807, 2.05) is 37.0 Å². The molecule has 4 nitrogen and oxygen atoms in total. The van der Waals surface area contributed by atoms with E-state index in [9.17, 15) is 0 Å². The summed E-state index contributed by atoms with van der Waals surface area (Å²) in [5, 5.41) is 6.96. The summed E-state index contributed by atoms with van der Waals surface area (Å²) in [5.41, 5.74) is 2.01. The molecule has 0 amide bonds. The van der Waals surface area contributed by atoms with Crippen molar-refractivity contribution in [1.29, 1.82) is 0 Å². The second-order valence-electron chi connectivity index (χ2n) is 3.56. The zero-order valence-corrected chi connectivity index (χ0v) is 11.3. The normalized spacial score (nSPS) is 10.5. The molecule has 3 rings (SSSR count). The van der Waals surface area contributed by atoms with Crippen LogP contribution in [-0.4, -0.2) is 22.0 Å². The van der Waals surface area contributed by atoms with E-state index in [1.54, 1.807) is 28.9 Å². The van der Waals surface area contributed by atoms with E-state index in [0.717, 1.165) is 26.3 Å². The van der Waals surface area contributed by atoms with Crippen LogP contribution in [0.25, 0.3) is 21.1 Å². The summed E-state index contributed by atoms with van der Waals surface area (Å²) in [4.78, 5) is 14.1. The van der Waals surface area contributed by atoms with E-state index >= 15 is 0 Å². The van der Waals surface area contributed by atoms with Crippen molar-refractivity contribution >= 4 is 27.8 Å². The number of thiazole rings is 2. The van der Waals surface area contributed by atoms with Gasteiger partial charge in [0.25, 0.3) is 0 Å². The van der Waals surface area contributed by atoms with Gasteiger partial charge in [0.15, 0.2) is 5.13 Å².